The van der Waals surface area contributed by atoms with E-state index in [1.807, 2.05) is 31.3 Å². The summed E-state index contributed by atoms with van der Waals surface area (Å²) in [4.78, 5) is 11.6. The van der Waals surface area contributed by atoms with E-state index >= 15 is 0 Å². The number of hydrogen-bond acceptors (Lipinski definition) is 3. The lowest BCUT2D eigenvalue weighted by molar-refractivity contribution is -0.116. The normalized spacial score (nSPS) is 15.4. The Kier molecular flexibility index (Phi) is 6.02. The summed E-state index contributed by atoms with van der Waals surface area (Å²) < 4.78 is 5.87. The van der Waals surface area contributed by atoms with Crippen molar-refractivity contribution in [1.82, 2.24) is 5.32 Å². The molecule has 4 heteroatoms. The first-order valence-corrected chi connectivity index (χ1v) is 7.43. The summed E-state index contributed by atoms with van der Waals surface area (Å²) >= 11 is 0. The molecule has 1 saturated carbocycles. The minimum atomic E-state index is 0.0364. The summed E-state index contributed by atoms with van der Waals surface area (Å²) in [6.45, 7) is 1.36. The van der Waals surface area contributed by atoms with Crippen molar-refractivity contribution in [3.05, 3.63) is 29.8 Å². The molecule has 20 heavy (non-hydrogen) atoms. The van der Waals surface area contributed by atoms with Crippen molar-refractivity contribution < 1.29 is 9.53 Å². The Morgan fingerprint density at radius 1 is 1.25 bits per heavy atom. The van der Waals surface area contributed by atoms with E-state index in [0.29, 0.717) is 25.7 Å². The molecular formula is C16H24N2O2. The molecule has 1 fully saturated rings. The summed E-state index contributed by atoms with van der Waals surface area (Å²) in [7, 11) is 1.84. The lowest BCUT2D eigenvalue weighted by atomic mass is 10.2. The maximum Gasteiger partial charge on any atom is 0.225 e. The third-order valence-electron chi connectivity index (χ3n) is 3.63. The van der Waals surface area contributed by atoms with Crippen LogP contribution >= 0.6 is 0 Å². The molecule has 2 rings (SSSR count). The third kappa shape index (κ3) is 4.94. The fourth-order valence-electron chi connectivity index (χ4n) is 2.42. The molecule has 0 aromatic heterocycles. The molecule has 1 aromatic carbocycles. The fourth-order valence-corrected chi connectivity index (χ4v) is 2.42. The van der Waals surface area contributed by atoms with Crippen LogP contribution in [0.25, 0.3) is 0 Å². The SMILES string of the molecule is CNCCC(=O)Nc1ccc(COC2CCCC2)cc1. The Labute approximate surface area is 120 Å². The summed E-state index contributed by atoms with van der Waals surface area (Å²) in [6, 6.07) is 7.90. The van der Waals surface area contributed by atoms with Crippen molar-refractivity contribution in [2.45, 2.75) is 44.8 Å². The van der Waals surface area contributed by atoms with Crippen LogP contribution in [0.1, 0.15) is 37.7 Å². The molecule has 0 heterocycles. The van der Waals surface area contributed by atoms with Gasteiger partial charge in [0.15, 0.2) is 0 Å². The van der Waals surface area contributed by atoms with Crippen LogP contribution in [0.15, 0.2) is 24.3 Å². The fraction of sp³-hybridized carbons (Fsp3) is 0.562. The number of nitrogens with one attached hydrogen (secondary N) is 2. The molecule has 0 saturated heterocycles. The average Bonchev–Trinajstić information content (AvgIpc) is 2.98. The number of carbonyl (C=O) groups excluding carboxylic acids is 1. The maximum atomic E-state index is 11.6. The van der Waals surface area contributed by atoms with Crippen molar-refractivity contribution in [1.29, 1.82) is 0 Å². The molecule has 0 atom stereocenters. The maximum absolute atomic E-state index is 11.6. The van der Waals surface area contributed by atoms with Gasteiger partial charge in [-0.25, -0.2) is 0 Å². The molecule has 110 valence electrons. The highest BCUT2D eigenvalue weighted by Gasteiger charge is 2.15. The second-order valence-electron chi connectivity index (χ2n) is 5.32. The molecule has 1 aliphatic carbocycles. The number of anilines is 1. The second-order valence-corrected chi connectivity index (χ2v) is 5.32. The van der Waals surface area contributed by atoms with Crippen LogP contribution in [-0.4, -0.2) is 25.6 Å². The monoisotopic (exact) mass is 276 g/mol. The highest BCUT2D eigenvalue weighted by atomic mass is 16.5. The summed E-state index contributed by atoms with van der Waals surface area (Å²) in [6.07, 6.45) is 5.91. The minimum absolute atomic E-state index is 0.0364. The van der Waals surface area contributed by atoms with Gasteiger partial charge in [0.1, 0.15) is 0 Å². The van der Waals surface area contributed by atoms with Gasteiger partial charge in [-0.15, -0.1) is 0 Å². The predicted molar refractivity (Wildman–Crippen MR) is 80.7 cm³/mol. The van der Waals surface area contributed by atoms with E-state index in [9.17, 15) is 4.79 Å². The van der Waals surface area contributed by atoms with E-state index < -0.39 is 0 Å². The third-order valence-corrected chi connectivity index (χ3v) is 3.63. The largest absolute Gasteiger partial charge is 0.374 e. The molecule has 0 spiro atoms. The molecule has 4 nitrogen and oxygen atoms in total. The van der Waals surface area contributed by atoms with Gasteiger partial charge in [-0.05, 0) is 37.6 Å². The highest BCUT2D eigenvalue weighted by molar-refractivity contribution is 5.90. The van der Waals surface area contributed by atoms with Gasteiger partial charge in [0, 0.05) is 18.7 Å². The molecule has 0 unspecified atom stereocenters. The zero-order valence-electron chi connectivity index (χ0n) is 12.2. The van der Waals surface area contributed by atoms with Gasteiger partial charge in [-0.2, -0.15) is 0 Å². The van der Waals surface area contributed by atoms with Crippen LogP contribution in [0.3, 0.4) is 0 Å². The van der Waals surface area contributed by atoms with Crippen LogP contribution in [-0.2, 0) is 16.1 Å². The quantitative estimate of drug-likeness (QED) is 0.805. The number of rotatable bonds is 7. The zero-order valence-corrected chi connectivity index (χ0v) is 12.2. The van der Waals surface area contributed by atoms with Crippen LogP contribution in [0.5, 0.6) is 0 Å². The smallest absolute Gasteiger partial charge is 0.225 e. The summed E-state index contributed by atoms with van der Waals surface area (Å²) in [5.74, 6) is 0.0364. The van der Waals surface area contributed by atoms with E-state index in [1.165, 1.54) is 25.7 Å². The Morgan fingerprint density at radius 3 is 2.60 bits per heavy atom. The van der Waals surface area contributed by atoms with Crippen LogP contribution in [0.4, 0.5) is 5.69 Å². The van der Waals surface area contributed by atoms with E-state index in [2.05, 4.69) is 10.6 Å². The van der Waals surface area contributed by atoms with Gasteiger partial charge in [-0.3, -0.25) is 4.79 Å². The molecule has 0 radical (unpaired) electrons. The molecule has 1 aliphatic rings. The molecule has 1 amide bonds. The van der Waals surface area contributed by atoms with Crippen molar-refractivity contribution in [3.63, 3.8) is 0 Å². The standard InChI is InChI=1S/C16H24N2O2/c1-17-11-10-16(19)18-14-8-6-13(7-9-14)12-20-15-4-2-3-5-15/h6-9,15,17H,2-5,10-12H2,1H3,(H,18,19). The number of amides is 1. The van der Waals surface area contributed by atoms with Crippen LogP contribution < -0.4 is 10.6 Å². The Morgan fingerprint density at radius 2 is 1.95 bits per heavy atom. The topological polar surface area (TPSA) is 50.4 Å². The van der Waals surface area contributed by atoms with Gasteiger partial charge in [0.05, 0.1) is 12.7 Å². The first kappa shape index (κ1) is 15.0. The van der Waals surface area contributed by atoms with E-state index in [4.69, 9.17) is 4.74 Å². The minimum Gasteiger partial charge on any atom is -0.374 e. The van der Waals surface area contributed by atoms with Crippen molar-refractivity contribution in [2.75, 3.05) is 18.9 Å². The van der Waals surface area contributed by atoms with Gasteiger partial charge in [0.25, 0.3) is 0 Å². The second kappa shape index (κ2) is 8.02. The van der Waals surface area contributed by atoms with E-state index in [0.717, 1.165) is 11.3 Å². The molecular weight excluding hydrogens is 252 g/mol. The van der Waals surface area contributed by atoms with Crippen LogP contribution in [0, 0.1) is 0 Å². The Balaban J connectivity index is 1.75. The first-order chi connectivity index (χ1) is 9.78. The Hall–Kier alpha value is -1.39. The lowest BCUT2D eigenvalue weighted by Crippen LogP contribution is -2.18. The van der Waals surface area contributed by atoms with Crippen molar-refractivity contribution in [3.8, 4) is 0 Å². The van der Waals surface area contributed by atoms with Gasteiger partial charge in [0.2, 0.25) is 5.91 Å². The first-order valence-electron chi connectivity index (χ1n) is 7.43. The zero-order chi connectivity index (χ0) is 14.2. The lowest BCUT2D eigenvalue weighted by Gasteiger charge is -2.11. The highest BCUT2D eigenvalue weighted by Crippen LogP contribution is 2.22. The number of ether oxygens (including phenoxy) is 1. The van der Waals surface area contributed by atoms with E-state index in [1.54, 1.807) is 0 Å². The number of carbonyl (C=O) groups is 1. The van der Waals surface area contributed by atoms with Crippen molar-refractivity contribution in [2.24, 2.45) is 0 Å². The number of benzene rings is 1. The summed E-state index contributed by atoms with van der Waals surface area (Å²) in [5, 5.41) is 5.84. The number of hydrogen-bond donors (Lipinski definition) is 2. The molecule has 2 N–H and O–H groups in total. The predicted octanol–water partition coefficient (Wildman–Crippen LogP) is 2.69. The molecule has 1 aromatic rings. The summed E-state index contributed by atoms with van der Waals surface area (Å²) in [5.41, 5.74) is 2.00. The van der Waals surface area contributed by atoms with E-state index in [-0.39, 0.29) is 5.91 Å². The molecule has 0 aliphatic heterocycles. The van der Waals surface area contributed by atoms with Crippen LogP contribution in [0.2, 0.25) is 0 Å². The van der Waals surface area contributed by atoms with Crippen molar-refractivity contribution >= 4 is 11.6 Å². The molecule has 0 bridgehead atoms. The Bertz CT molecular complexity index is 411. The average molecular weight is 276 g/mol. The van der Waals surface area contributed by atoms with Gasteiger partial charge >= 0.3 is 0 Å². The van der Waals surface area contributed by atoms with Gasteiger partial charge in [-0.1, -0.05) is 25.0 Å². The van der Waals surface area contributed by atoms with Gasteiger partial charge < -0.3 is 15.4 Å².